The fraction of sp³-hybridized carbons (Fsp3) is 0.471. The smallest absolute Gasteiger partial charge is 0.338 e. The Kier molecular flexibility index (Phi) is 3.93. The van der Waals surface area contributed by atoms with Crippen LogP contribution < -0.4 is 0 Å². The molecule has 1 aliphatic carbocycles. The maximum atomic E-state index is 12.2. The third-order valence-electron chi connectivity index (χ3n) is 4.67. The highest BCUT2D eigenvalue weighted by Gasteiger charge is 2.59. The van der Waals surface area contributed by atoms with Crippen LogP contribution in [-0.2, 0) is 9.47 Å². The standard InChI is InChI=1S/C17H19NO5/c1-3-15-17(23-15)10-14(9-4-11(17)2)22-16(19)12-5-7-13(8-6-12)18(20)21/h5-8,14-15H,2-4,9-10H2,1H3/t14-,15+,17-/m1/s1. The lowest BCUT2D eigenvalue weighted by Gasteiger charge is -2.29. The Morgan fingerprint density at radius 2 is 2.17 bits per heavy atom. The molecular weight excluding hydrogens is 298 g/mol. The zero-order chi connectivity index (χ0) is 16.6. The van der Waals surface area contributed by atoms with Crippen molar-refractivity contribution in [3.05, 3.63) is 52.1 Å². The van der Waals surface area contributed by atoms with Gasteiger partial charge in [-0.1, -0.05) is 13.5 Å². The second-order valence-electron chi connectivity index (χ2n) is 6.08. The molecule has 1 spiro atoms. The zero-order valence-corrected chi connectivity index (χ0v) is 13.0. The van der Waals surface area contributed by atoms with Crippen LogP contribution in [0.15, 0.2) is 36.4 Å². The van der Waals surface area contributed by atoms with E-state index in [1.54, 1.807) is 0 Å². The van der Waals surface area contributed by atoms with Gasteiger partial charge in [-0.3, -0.25) is 10.1 Å². The Morgan fingerprint density at radius 3 is 2.74 bits per heavy atom. The fourth-order valence-corrected chi connectivity index (χ4v) is 3.29. The van der Waals surface area contributed by atoms with Crippen LogP contribution in [0.25, 0.3) is 0 Å². The highest BCUT2D eigenvalue weighted by atomic mass is 16.6. The maximum Gasteiger partial charge on any atom is 0.338 e. The number of ether oxygens (including phenoxy) is 2. The molecule has 0 N–H and O–H groups in total. The summed E-state index contributed by atoms with van der Waals surface area (Å²) in [5.74, 6) is -0.457. The molecule has 2 aliphatic rings. The van der Waals surface area contributed by atoms with Gasteiger partial charge in [-0.2, -0.15) is 0 Å². The lowest BCUT2D eigenvalue weighted by atomic mass is 9.80. The van der Waals surface area contributed by atoms with E-state index in [2.05, 4.69) is 13.5 Å². The second-order valence-corrected chi connectivity index (χ2v) is 6.08. The van der Waals surface area contributed by atoms with Crippen LogP contribution in [0.1, 0.15) is 43.0 Å². The summed E-state index contributed by atoms with van der Waals surface area (Å²) in [5, 5.41) is 10.6. The van der Waals surface area contributed by atoms with Gasteiger partial charge in [-0.15, -0.1) is 0 Å². The number of rotatable bonds is 4. The summed E-state index contributed by atoms with van der Waals surface area (Å²) >= 11 is 0. The number of nitro groups is 1. The number of non-ortho nitro benzene ring substituents is 1. The molecule has 6 heteroatoms. The molecule has 122 valence electrons. The molecular formula is C17H19NO5. The summed E-state index contributed by atoms with van der Waals surface area (Å²) in [6.45, 7) is 6.16. The van der Waals surface area contributed by atoms with Crippen molar-refractivity contribution in [1.29, 1.82) is 0 Å². The summed E-state index contributed by atoms with van der Waals surface area (Å²) in [4.78, 5) is 22.3. The highest BCUT2D eigenvalue weighted by molar-refractivity contribution is 5.89. The van der Waals surface area contributed by atoms with E-state index in [0.717, 1.165) is 24.8 Å². The Morgan fingerprint density at radius 1 is 1.48 bits per heavy atom. The zero-order valence-electron chi connectivity index (χ0n) is 13.0. The van der Waals surface area contributed by atoms with Gasteiger partial charge in [0, 0.05) is 18.6 Å². The number of nitrogens with zero attached hydrogens (tertiary/aromatic N) is 1. The average molecular weight is 317 g/mol. The van der Waals surface area contributed by atoms with E-state index in [1.165, 1.54) is 24.3 Å². The van der Waals surface area contributed by atoms with Crippen molar-refractivity contribution in [3.8, 4) is 0 Å². The molecule has 0 amide bonds. The van der Waals surface area contributed by atoms with Crippen molar-refractivity contribution in [2.75, 3.05) is 0 Å². The van der Waals surface area contributed by atoms with Gasteiger partial charge in [0.1, 0.15) is 11.7 Å². The number of esters is 1. The van der Waals surface area contributed by atoms with Crippen molar-refractivity contribution < 1.29 is 19.2 Å². The van der Waals surface area contributed by atoms with Gasteiger partial charge in [0.05, 0.1) is 16.6 Å². The summed E-state index contributed by atoms with van der Waals surface area (Å²) in [5.41, 5.74) is 1.05. The Hall–Kier alpha value is -2.21. The predicted octanol–water partition coefficient (Wildman–Crippen LogP) is 3.41. The number of hydrogen-bond acceptors (Lipinski definition) is 5. The molecule has 1 saturated heterocycles. The highest BCUT2D eigenvalue weighted by Crippen LogP contribution is 2.52. The Balaban J connectivity index is 1.64. The first kappa shape index (κ1) is 15.7. The van der Waals surface area contributed by atoms with E-state index in [4.69, 9.17) is 9.47 Å². The molecule has 0 bridgehead atoms. The molecule has 1 heterocycles. The summed E-state index contributed by atoms with van der Waals surface area (Å²) in [6, 6.07) is 5.44. The summed E-state index contributed by atoms with van der Waals surface area (Å²) in [6.07, 6.45) is 3.05. The molecule has 6 nitrogen and oxygen atoms in total. The van der Waals surface area contributed by atoms with Gasteiger partial charge in [0.2, 0.25) is 0 Å². The van der Waals surface area contributed by atoms with Crippen molar-refractivity contribution in [2.45, 2.75) is 50.4 Å². The average Bonchev–Trinajstić information content (AvgIpc) is 3.25. The lowest BCUT2D eigenvalue weighted by Crippen LogP contribution is -2.33. The molecule has 1 aromatic rings. The minimum atomic E-state index is -0.499. The Labute approximate surface area is 134 Å². The van der Waals surface area contributed by atoms with E-state index in [9.17, 15) is 14.9 Å². The van der Waals surface area contributed by atoms with Gasteiger partial charge < -0.3 is 9.47 Å². The van der Waals surface area contributed by atoms with Gasteiger partial charge >= 0.3 is 5.97 Å². The molecule has 3 atom stereocenters. The third-order valence-corrected chi connectivity index (χ3v) is 4.67. The van der Waals surface area contributed by atoms with E-state index in [1.807, 2.05) is 0 Å². The first-order valence-corrected chi connectivity index (χ1v) is 7.78. The number of carbonyl (C=O) groups excluding carboxylic acids is 1. The number of nitro benzene ring substituents is 1. The minimum absolute atomic E-state index is 0.0494. The number of benzene rings is 1. The molecule has 1 aliphatic heterocycles. The predicted molar refractivity (Wildman–Crippen MR) is 83.2 cm³/mol. The van der Waals surface area contributed by atoms with Crippen molar-refractivity contribution in [2.24, 2.45) is 0 Å². The van der Waals surface area contributed by atoms with Gasteiger partial charge in [0.25, 0.3) is 5.69 Å². The molecule has 2 fully saturated rings. The monoisotopic (exact) mass is 317 g/mol. The first-order valence-electron chi connectivity index (χ1n) is 7.78. The molecule has 3 rings (SSSR count). The van der Waals surface area contributed by atoms with Crippen molar-refractivity contribution >= 4 is 11.7 Å². The van der Waals surface area contributed by atoms with Gasteiger partial charge in [-0.05, 0) is 37.0 Å². The number of epoxide rings is 1. The van der Waals surface area contributed by atoms with Crippen LogP contribution in [0.4, 0.5) is 5.69 Å². The summed E-state index contributed by atoms with van der Waals surface area (Å²) < 4.78 is 11.4. The van der Waals surface area contributed by atoms with Crippen LogP contribution in [0.5, 0.6) is 0 Å². The van der Waals surface area contributed by atoms with Crippen molar-refractivity contribution in [1.82, 2.24) is 0 Å². The van der Waals surface area contributed by atoms with Gasteiger partial charge in [-0.25, -0.2) is 4.79 Å². The van der Waals surface area contributed by atoms with E-state index >= 15 is 0 Å². The Bertz CT molecular complexity index is 653. The normalized spacial score (nSPS) is 29.3. The van der Waals surface area contributed by atoms with Crippen LogP contribution in [-0.4, -0.2) is 28.7 Å². The van der Waals surface area contributed by atoms with Crippen LogP contribution in [0.2, 0.25) is 0 Å². The molecule has 0 unspecified atom stereocenters. The SMILES string of the molecule is C=C1CC[C@@H](OC(=O)c2ccc([N+](=O)[O-])cc2)C[C@@]12O[C@H]2CC. The largest absolute Gasteiger partial charge is 0.459 e. The quantitative estimate of drug-likeness (QED) is 0.279. The molecule has 0 radical (unpaired) electrons. The van der Waals surface area contributed by atoms with Crippen LogP contribution in [0.3, 0.4) is 0 Å². The van der Waals surface area contributed by atoms with Gasteiger partial charge in [0.15, 0.2) is 0 Å². The summed E-state index contributed by atoms with van der Waals surface area (Å²) in [7, 11) is 0. The maximum absolute atomic E-state index is 12.2. The topological polar surface area (TPSA) is 82.0 Å². The molecule has 1 saturated carbocycles. The fourth-order valence-electron chi connectivity index (χ4n) is 3.29. The van der Waals surface area contributed by atoms with E-state index in [0.29, 0.717) is 12.0 Å². The minimum Gasteiger partial charge on any atom is -0.459 e. The first-order chi connectivity index (χ1) is 11.0. The third kappa shape index (κ3) is 2.86. The lowest BCUT2D eigenvalue weighted by molar-refractivity contribution is -0.384. The molecule has 1 aromatic carbocycles. The van der Waals surface area contributed by atoms with E-state index in [-0.39, 0.29) is 23.5 Å². The molecule has 0 aromatic heterocycles. The second kappa shape index (κ2) is 5.77. The molecule has 23 heavy (non-hydrogen) atoms. The van der Waals surface area contributed by atoms with Crippen LogP contribution >= 0.6 is 0 Å². The van der Waals surface area contributed by atoms with E-state index < -0.39 is 10.9 Å². The van der Waals surface area contributed by atoms with Crippen LogP contribution in [0, 0.1) is 10.1 Å². The number of carbonyl (C=O) groups is 1. The van der Waals surface area contributed by atoms with Crippen molar-refractivity contribution in [3.63, 3.8) is 0 Å². The number of hydrogen-bond donors (Lipinski definition) is 0.